The molecule has 114 valence electrons. The second kappa shape index (κ2) is 6.46. The lowest BCUT2D eigenvalue weighted by molar-refractivity contribution is -0.0388. The molecule has 1 unspecified atom stereocenters. The fourth-order valence-corrected chi connectivity index (χ4v) is 3.59. The predicted molar refractivity (Wildman–Crippen MR) is 82.2 cm³/mol. The maximum absolute atomic E-state index is 6.44. The summed E-state index contributed by atoms with van der Waals surface area (Å²) in [5, 5.41) is 8.76. The van der Waals surface area contributed by atoms with Crippen molar-refractivity contribution in [1.82, 2.24) is 15.1 Å². The van der Waals surface area contributed by atoms with E-state index in [1.165, 1.54) is 12.8 Å². The lowest BCUT2D eigenvalue weighted by atomic mass is 9.89. The fourth-order valence-electron chi connectivity index (χ4n) is 3.35. The van der Waals surface area contributed by atoms with Gasteiger partial charge >= 0.3 is 0 Å². The van der Waals surface area contributed by atoms with E-state index in [1.54, 1.807) is 6.20 Å². The van der Waals surface area contributed by atoms with Crippen LogP contribution in [0.5, 0.6) is 0 Å². The van der Waals surface area contributed by atoms with Gasteiger partial charge in [-0.3, -0.25) is 4.68 Å². The van der Waals surface area contributed by atoms with Gasteiger partial charge in [0.1, 0.15) is 0 Å². The van der Waals surface area contributed by atoms with E-state index in [4.69, 9.17) is 16.3 Å². The number of aromatic nitrogens is 2. The van der Waals surface area contributed by atoms with Crippen molar-refractivity contribution in [2.45, 2.75) is 64.1 Å². The minimum Gasteiger partial charge on any atom is -0.376 e. The average Bonchev–Trinajstić information content (AvgIpc) is 3.03. The highest BCUT2D eigenvalue weighted by atomic mass is 35.5. The summed E-state index contributed by atoms with van der Waals surface area (Å²) in [6, 6.07) is 0.381. The molecule has 0 saturated heterocycles. The Hall–Kier alpha value is -0.580. The molecule has 20 heavy (non-hydrogen) atoms. The predicted octanol–water partition coefficient (Wildman–Crippen LogP) is 3.73. The molecule has 0 spiro atoms. The topological polar surface area (TPSA) is 39.1 Å². The number of halogens is 1. The first-order valence-electron chi connectivity index (χ1n) is 7.57. The molecule has 1 saturated carbocycles. The van der Waals surface area contributed by atoms with E-state index in [0.717, 1.165) is 30.1 Å². The molecular weight excluding hydrogens is 274 g/mol. The van der Waals surface area contributed by atoms with Gasteiger partial charge < -0.3 is 10.1 Å². The normalized spacial score (nSPS) is 19.7. The maximum Gasteiger partial charge on any atom is 0.0888 e. The Morgan fingerprint density at radius 1 is 1.45 bits per heavy atom. The average molecular weight is 300 g/mol. The third-order valence-electron chi connectivity index (χ3n) is 4.34. The van der Waals surface area contributed by atoms with Crippen molar-refractivity contribution < 1.29 is 4.74 Å². The summed E-state index contributed by atoms with van der Waals surface area (Å²) in [4.78, 5) is 0. The van der Waals surface area contributed by atoms with E-state index in [9.17, 15) is 0 Å². The third kappa shape index (κ3) is 2.74. The van der Waals surface area contributed by atoms with Crippen LogP contribution in [0.3, 0.4) is 0 Å². The molecule has 0 aromatic carbocycles. The van der Waals surface area contributed by atoms with Crippen molar-refractivity contribution in [3.63, 3.8) is 0 Å². The van der Waals surface area contributed by atoms with Gasteiger partial charge in [0.05, 0.1) is 28.6 Å². The Labute approximate surface area is 126 Å². The second-order valence-corrected chi connectivity index (χ2v) is 6.29. The van der Waals surface area contributed by atoms with Gasteiger partial charge in [-0.1, -0.05) is 31.4 Å². The molecule has 0 bridgehead atoms. The van der Waals surface area contributed by atoms with Gasteiger partial charge in [-0.15, -0.1) is 0 Å². The molecule has 1 aliphatic carbocycles. The zero-order chi connectivity index (χ0) is 14.8. The number of nitrogens with zero attached hydrogens (tertiary/aromatic N) is 2. The van der Waals surface area contributed by atoms with E-state index in [-0.39, 0.29) is 17.7 Å². The summed E-state index contributed by atoms with van der Waals surface area (Å²) in [5.41, 5.74) is 0.902. The van der Waals surface area contributed by atoms with Gasteiger partial charge in [-0.2, -0.15) is 5.10 Å². The molecule has 1 aliphatic rings. The minimum atomic E-state index is -0.160. The molecular formula is C15H26ClN3O. The van der Waals surface area contributed by atoms with Gasteiger partial charge in [0.25, 0.3) is 0 Å². The Bertz CT molecular complexity index is 438. The smallest absolute Gasteiger partial charge is 0.0888 e. The highest BCUT2D eigenvalue weighted by Crippen LogP contribution is 2.44. The first-order valence-corrected chi connectivity index (χ1v) is 7.95. The van der Waals surface area contributed by atoms with Crippen molar-refractivity contribution in [2.24, 2.45) is 0 Å². The van der Waals surface area contributed by atoms with Gasteiger partial charge in [-0.05, 0) is 33.2 Å². The lowest BCUT2D eigenvalue weighted by Crippen LogP contribution is -2.45. The Morgan fingerprint density at radius 3 is 2.60 bits per heavy atom. The molecule has 0 amide bonds. The first-order chi connectivity index (χ1) is 9.55. The van der Waals surface area contributed by atoms with Crippen LogP contribution in [0.1, 0.15) is 64.2 Å². The van der Waals surface area contributed by atoms with Crippen molar-refractivity contribution in [1.29, 1.82) is 0 Å². The Kier molecular flexibility index (Phi) is 5.10. The van der Waals surface area contributed by atoms with Crippen LogP contribution in [0.2, 0.25) is 5.02 Å². The summed E-state index contributed by atoms with van der Waals surface area (Å²) in [5.74, 6) is 0. The van der Waals surface area contributed by atoms with Gasteiger partial charge in [0.2, 0.25) is 0 Å². The zero-order valence-electron chi connectivity index (χ0n) is 12.9. The van der Waals surface area contributed by atoms with Crippen LogP contribution in [0.15, 0.2) is 6.20 Å². The van der Waals surface area contributed by atoms with Crippen molar-refractivity contribution in [3.8, 4) is 0 Å². The molecule has 1 fully saturated rings. The van der Waals surface area contributed by atoms with Crippen LogP contribution < -0.4 is 5.32 Å². The number of ether oxygens (including phenoxy) is 1. The highest BCUT2D eigenvalue weighted by Gasteiger charge is 2.44. The van der Waals surface area contributed by atoms with Crippen LogP contribution in [0.25, 0.3) is 0 Å². The van der Waals surface area contributed by atoms with Gasteiger partial charge in [-0.25, -0.2) is 0 Å². The number of rotatable bonds is 6. The van der Waals surface area contributed by atoms with Crippen LogP contribution >= 0.6 is 11.6 Å². The standard InChI is InChI=1S/C15H26ClN3O/c1-5-17-14(15(20-4)8-6-7-9-15)13-12(16)10-18-19(13)11(2)3/h10-11,14,17H,5-9H2,1-4H3. The van der Waals surface area contributed by atoms with Crippen molar-refractivity contribution >= 4 is 11.6 Å². The number of likely N-dealkylation sites (N-methyl/N-ethyl adjacent to an activating group) is 1. The first kappa shape index (κ1) is 15.8. The summed E-state index contributed by atoms with van der Waals surface area (Å²) in [6.07, 6.45) is 6.31. The van der Waals surface area contributed by atoms with E-state index in [1.807, 2.05) is 11.8 Å². The fraction of sp³-hybridized carbons (Fsp3) is 0.800. The Morgan fingerprint density at radius 2 is 2.10 bits per heavy atom. The number of methoxy groups -OCH3 is 1. The summed E-state index contributed by atoms with van der Waals surface area (Å²) >= 11 is 6.44. The van der Waals surface area contributed by atoms with Crippen LogP contribution in [-0.2, 0) is 4.74 Å². The highest BCUT2D eigenvalue weighted by molar-refractivity contribution is 6.31. The summed E-state index contributed by atoms with van der Waals surface area (Å²) in [6.45, 7) is 7.26. The van der Waals surface area contributed by atoms with Crippen LogP contribution in [-0.4, -0.2) is 29.0 Å². The molecule has 1 heterocycles. The number of nitrogens with one attached hydrogen (secondary N) is 1. The van der Waals surface area contributed by atoms with E-state index < -0.39 is 0 Å². The lowest BCUT2D eigenvalue weighted by Gasteiger charge is -2.37. The summed E-state index contributed by atoms with van der Waals surface area (Å²) in [7, 11) is 1.82. The summed E-state index contributed by atoms with van der Waals surface area (Å²) < 4.78 is 7.99. The number of hydrogen-bond acceptors (Lipinski definition) is 3. The number of hydrogen-bond donors (Lipinski definition) is 1. The zero-order valence-corrected chi connectivity index (χ0v) is 13.7. The molecule has 5 heteroatoms. The molecule has 4 nitrogen and oxygen atoms in total. The molecule has 0 radical (unpaired) electrons. The monoisotopic (exact) mass is 299 g/mol. The molecule has 2 rings (SSSR count). The molecule has 1 atom stereocenters. The maximum atomic E-state index is 6.44. The van der Waals surface area contributed by atoms with Crippen molar-refractivity contribution in [3.05, 3.63) is 16.9 Å². The SMILES string of the molecule is CCNC(c1c(Cl)cnn1C(C)C)C1(OC)CCCC1. The molecule has 1 aromatic heterocycles. The van der Waals surface area contributed by atoms with Crippen LogP contribution in [0.4, 0.5) is 0 Å². The third-order valence-corrected chi connectivity index (χ3v) is 4.63. The Balaban J connectivity index is 2.45. The minimum absolute atomic E-state index is 0.0948. The van der Waals surface area contributed by atoms with E-state index in [0.29, 0.717) is 0 Å². The van der Waals surface area contributed by atoms with Gasteiger partial charge in [0.15, 0.2) is 0 Å². The van der Waals surface area contributed by atoms with Gasteiger partial charge in [0, 0.05) is 13.2 Å². The largest absolute Gasteiger partial charge is 0.376 e. The van der Waals surface area contributed by atoms with E-state index >= 15 is 0 Å². The van der Waals surface area contributed by atoms with E-state index in [2.05, 4.69) is 31.2 Å². The second-order valence-electron chi connectivity index (χ2n) is 5.88. The quantitative estimate of drug-likeness (QED) is 0.870. The van der Waals surface area contributed by atoms with Crippen LogP contribution in [0, 0.1) is 0 Å². The molecule has 0 aliphatic heterocycles. The molecule has 1 aromatic rings. The van der Waals surface area contributed by atoms with Crippen molar-refractivity contribution in [2.75, 3.05) is 13.7 Å². The molecule has 1 N–H and O–H groups in total.